The van der Waals surface area contributed by atoms with Crippen LogP contribution in [0.3, 0.4) is 0 Å². The lowest BCUT2D eigenvalue weighted by Gasteiger charge is -2.10. The van der Waals surface area contributed by atoms with E-state index in [4.69, 9.17) is 10.5 Å². The SMILES string of the molecule is CCc1cc(N)ccc1Oc1ccccc1. The molecule has 0 heterocycles. The number of benzene rings is 2. The first-order valence-electron chi connectivity index (χ1n) is 5.41. The Morgan fingerprint density at radius 2 is 1.81 bits per heavy atom. The highest BCUT2D eigenvalue weighted by molar-refractivity contribution is 5.49. The second kappa shape index (κ2) is 4.71. The van der Waals surface area contributed by atoms with Gasteiger partial charge >= 0.3 is 0 Å². The first-order valence-corrected chi connectivity index (χ1v) is 5.41. The van der Waals surface area contributed by atoms with Crippen LogP contribution in [0, 0.1) is 0 Å². The van der Waals surface area contributed by atoms with E-state index in [9.17, 15) is 0 Å². The Balaban J connectivity index is 2.28. The number of anilines is 1. The summed E-state index contributed by atoms with van der Waals surface area (Å²) in [5.74, 6) is 1.73. The van der Waals surface area contributed by atoms with Crippen molar-refractivity contribution in [1.29, 1.82) is 0 Å². The van der Waals surface area contributed by atoms with Crippen LogP contribution in [-0.4, -0.2) is 0 Å². The van der Waals surface area contributed by atoms with Crippen molar-refractivity contribution >= 4 is 5.69 Å². The van der Waals surface area contributed by atoms with Gasteiger partial charge in [0.15, 0.2) is 0 Å². The van der Waals surface area contributed by atoms with Crippen molar-refractivity contribution in [2.75, 3.05) is 5.73 Å². The minimum Gasteiger partial charge on any atom is -0.457 e. The molecule has 0 amide bonds. The molecule has 82 valence electrons. The first-order chi connectivity index (χ1) is 7.79. The Morgan fingerprint density at radius 3 is 2.50 bits per heavy atom. The van der Waals surface area contributed by atoms with Gasteiger partial charge in [-0.2, -0.15) is 0 Å². The van der Waals surface area contributed by atoms with Gasteiger partial charge in [0, 0.05) is 5.69 Å². The Morgan fingerprint density at radius 1 is 1.06 bits per heavy atom. The van der Waals surface area contributed by atoms with Gasteiger partial charge in [0.1, 0.15) is 11.5 Å². The van der Waals surface area contributed by atoms with Crippen molar-refractivity contribution in [3.05, 3.63) is 54.1 Å². The number of hydrogen-bond acceptors (Lipinski definition) is 2. The van der Waals surface area contributed by atoms with Gasteiger partial charge < -0.3 is 10.5 Å². The predicted molar refractivity (Wildman–Crippen MR) is 66.7 cm³/mol. The minimum absolute atomic E-state index is 0.775. The fourth-order valence-electron chi connectivity index (χ4n) is 1.59. The summed E-state index contributed by atoms with van der Waals surface area (Å²) in [7, 11) is 0. The highest BCUT2D eigenvalue weighted by Gasteiger charge is 2.03. The second-order valence-corrected chi connectivity index (χ2v) is 3.64. The summed E-state index contributed by atoms with van der Waals surface area (Å²) in [6.07, 6.45) is 0.910. The van der Waals surface area contributed by atoms with Crippen LogP contribution < -0.4 is 10.5 Å². The van der Waals surface area contributed by atoms with Crippen molar-refractivity contribution in [3.63, 3.8) is 0 Å². The Kier molecular flexibility index (Phi) is 3.10. The summed E-state index contributed by atoms with van der Waals surface area (Å²) < 4.78 is 5.80. The lowest BCUT2D eigenvalue weighted by molar-refractivity contribution is 0.477. The van der Waals surface area contributed by atoms with Crippen molar-refractivity contribution in [2.24, 2.45) is 0 Å². The molecule has 2 heteroatoms. The van der Waals surface area contributed by atoms with Crippen molar-refractivity contribution in [1.82, 2.24) is 0 Å². The van der Waals surface area contributed by atoms with E-state index in [1.54, 1.807) is 0 Å². The zero-order valence-corrected chi connectivity index (χ0v) is 9.31. The molecule has 2 rings (SSSR count). The highest BCUT2D eigenvalue weighted by Crippen LogP contribution is 2.27. The number of rotatable bonds is 3. The van der Waals surface area contributed by atoms with E-state index < -0.39 is 0 Å². The van der Waals surface area contributed by atoms with Crippen LogP contribution in [0.4, 0.5) is 5.69 Å². The van der Waals surface area contributed by atoms with E-state index in [0.29, 0.717) is 0 Å². The minimum atomic E-state index is 0.775. The molecule has 0 aliphatic carbocycles. The summed E-state index contributed by atoms with van der Waals surface area (Å²) in [5, 5.41) is 0. The number of hydrogen-bond donors (Lipinski definition) is 1. The monoisotopic (exact) mass is 213 g/mol. The molecule has 0 fully saturated rings. The Labute approximate surface area is 95.7 Å². The van der Waals surface area contributed by atoms with Crippen LogP contribution in [0.5, 0.6) is 11.5 Å². The topological polar surface area (TPSA) is 35.2 Å². The summed E-state index contributed by atoms with van der Waals surface area (Å²) in [6, 6.07) is 15.5. The molecule has 2 aromatic carbocycles. The fraction of sp³-hybridized carbons (Fsp3) is 0.143. The van der Waals surface area contributed by atoms with Gasteiger partial charge in [-0.05, 0) is 42.3 Å². The van der Waals surface area contributed by atoms with Crippen LogP contribution in [0.2, 0.25) is 0 Å². The average Bonchev–Trinajstić information content (AvgIpc) is 2.33. The smallest absolute Gasteiger partial charge is 0.130 e. The van der Waals surface area contributed by atoms with E-state index in [0.717, 1.165) is 29.2 Å². The number of ether oxygens (including phenoxy) is 1. The molecule has 0 atom stereocenters. The first kappa shape index (κ1) is 10.6. The lowest BCUT2D eigenvalue weighted by Crippen LogP contribution is -1.93. The Hall–Kier alpha value is -1.96. The van der Waals surface area contributed by atoms with Crippen molar-refractivity contribution in [2.45, 2.75) is 13.3 Å². The highest BCUT2D eigenvalue weighted by atomic mass is 16.5. The molecule has 0 bridgehead atoms. The van der Waals surface area contributed by atoms with Gasteiger partial charge in [0.2, 0.25) is 0 Å². The van der Waals surface area contributed by atoms with E-state index >= 15 is 0 Å². The molecule has 16 heavy (non-hydrogen) atoms. The van der Waals surface area contributed by atoms with Crippen LogP contribution in [-0.2, 0) is 6.42 Å². The van der Waals surface area contributed by atoms with Crippen molar-refractivity contribution in [3.8, 4) is 11.5 Å². The van der Waals surface area contributed by atoms with Gasteiger partial charge in [0.05, 0.1) is 0 Å². The van der Waals surface area contributed by atoms with Gasteiger partial charge in [0.25, 0.3) is 0 Å². The molecule has 2 N–H and O–H groups in total. The summed E-state index contributed by atoms with van der Waals surface area (Å²) >= 11 is 0. The normalized spacial score (nSPS) is 10.1. The largest absolute Gasteiger partial charge is 0.457 e. The molecule has 0 radical (unpaired) electrons. The molecule has 2 aromatic rings. The quantitative estimate of drug-likeness (QED) is 0.790. The summed E-state index contributed by atoms with van der Waals surface area (Å²) in [6.45, 7) is 2.09. The molecule has 0 spiro atoms. The molecular weight excluding hydrogens is 198 g/mol. The third-order valence-electron chi connectivity index (χ3n) is 2.44. The van der Waals surface area contributed by atoms with Gasteiger partial charge in [-0.15, -0.1) is 0 Å². The third kappa shape index (κ3) is 2.34. The fourth-order valence-corrected chi connectivity index (χ4v) is 1.59. The summed E-state index contributed by atoms with van der Waals surface area (Å²) in [5.41, 5.74) is 7.64. The molecule has 2 nitrogen and oxygen atoms in total. The van der Waals surface area contributed by atoms with Crippen LogP contribution in [0.25, 0.3) is 0 Å². The molecule has 0 aliphatic rings. The maximum absolute atomic E-state index is 5.80. The van der Waals surface area contributed by atoms with Gasteiger partial charge in [-0.1, -0.05) is 25.1 Å². The summed E-state index contributed by atoms with van der Waals surface area (Å²) in [4.78, 5) is 0. The van der Waals surface area contributed by atoms with E-state index in [-0.39, 0.29) is 0 Å². The molecule has 0 saturated heterocycles. The zero-order valence-electron chi connectivity index (χ0n) is 9.31. The number of para-hydroxylation sites is 1. The number of aryl methyl sites for hydroxylation is 1. The zero-order chi connectivity index (χ0) is 11.4. The van der Waals surface area contributed by atoms with E-state index in [1.807, 2.05) is 48.5 Å². The molecular formula is C14H15NO. The molecule has 0 aliphatic heterocycles. The van der Waals surface area contributed by atoms with E-state index in [2.05, 4.69) is 6.92 Å². The standard InChI is InChI=1S/C14H15NO/c1-2-11-10-12(15)8-9-14(11)16-13-6-4-3-5-7-13/h3-10H,2,15H2,1H3. The van der Waals surface area contributed by atoms with Crippen LogP contribution in [0.15, 0.2) is 48.5 Å². The second-order valence-electron chi connectivity index (χ2n) is 3.64. The van der Waals surface area contributed by atoms with Gasteiger partial charge in [-0.25, -0.2) is 0 Å². The molecule has 0 unspecified atom stereocenters. The van der Waals surface area contributed by atoms with Gasteiger partial charge in [-0.3, -0.25) is 0 Å². The molecule has 0 saturated carbocycles. The molecule has 0 aromatic heterocycles. The maximum Gasteiger partial charge on any atom is 0.130 e. The maximum atomic E-state index is 5.80. The van der Waals surface area contributed by atoms with Crippen LogP contribution in [0.1, 0.15) is 12.5 Å². The lowest BCUT2D eigenvalue weighted by atomic mass is 10.1. The predicted octanol–water partition coefficient (Wildman–Crippen LogP) is 3.62. The van der Waals surface area contributed by atoms with Crippen LogP contribution >= 0.6 is 0 Å². The van der Waals surface area contributed by atoms with Crippen molar-refractivity contribution < 1.29 is 4.74 Å². The van der Waals surface area contributed by atoms with E-state index in [1.165, 1.54) is 0 Å². The third-order valence-corrected chi connectivity index (χ3v) is 2.44. The average molecular weight is 213 g/mol. The number of nitrogen functional groups attached to an aromatic ring is 1. The number of nitrogens with two attached hydrogens (primary N) is 1. The Bertz CT molecular complexity index is 465.